The summed E-state index contributed by atoms with van der Waals surface area (Å²) in [4.78, 5) is 14.1. The second kappa shape index (κ2) is 7.01. The van der Waals surface area contributed by atoms with Gasteiger partial charge in [0.05, 0.1) is 0 Å². The summed E-state index contributed by atoms with van der Waals surface area (Å²) < 4.78 is 0. The van der Waals surface area contributed by atoms with Crippen LogP contribution in [0.4, 0.5) is 0 Å². The summed E-state index contributed by atoms with van der Waals surface area (Å²) >= 11 is 0. The Labute approximate surface area is 109 Å². The maximum Gasteiger partial charge on any atom is 0.251 e. The monoisotopic (exact) mass is 250 g/mol. The molecule has 0 unspecified atom stereocenters. The van der Waals surface area contributed by atoms with Gasteiger partial charge in [0.25, 0.3) is 5.91 Å². The third-order valence-corrected chi connectivity index (χ3v) is 3.07. The summed E-state index contributed by atoms with van der Waals surface area (Å²) in [6.45, 7) is 9.47. The predicted octanol–water partition coefficient (Wildman–Crippen LogP) is 1.77. The van der Waals surface area contributed by atoms with E-state index in [1.807, 2.05) is 0 Å². The lowest BCUT2D eigenvalue weighted by Crippen LogP contribution is -2.34. The van der Waals surface area contributed by atoms with E-state index >= 15 is 0 Å². The first-order valence-corrected chi connectivity index (χ1v) is 6.38. The first-order chi connectivity index (χ1) is 8.58. The second-order valence-electron chi connectivity index (χ2n) is 4.28. The number of carbonyl (C=O) groups excluding carboxylic acids is 1. The number of aryl methyl sites for hydroxylation is 1. The lowest BCUT2D eigenvalue weighted by atomic mass is 10.1. The Morgan fingerprint density at radius 3 is 2.56 bits per heavy atom. The quantitative estimate of drug-likeness (QED) is 0.809. The lowest BCUT2D eigenvalue weighted by molar-refractivity contribution is 0.0949. The molecule has 0 saturated heterocycles. The number of rotatable bonds is 6. The van der Waals surface area contributed by atoms with Crippen molar-refractivity contribution in [3.05, 3.63) is 29.3 Å². The molecule has 0 radical (unpaired) electrons. The van der Waals surface area contributed by atoms with E-state index in [-0.39, 0.29) is 11.7 Å². The van der Waals surface area contributed by atoms with Crippen molar-refractivity contribution in [2.75, 3.05) is 26.2 Å². The molecule has 1 aromatic carbocycles. The highest BCUT2D eigenvalue weighted by atomic mass is 16.3. The van der Waals surface area contributed by atoms with Crippen molar-refractivity contribution in [2.24, 2.45) is 0 Å². The van der Waals surface area contributed by atoms with E-state index in [9.17, 15) is 9.90 Å². The molecule has 0 saturated carbocycles. The summed E-state index contributed by atoms with van der Waals surface area (Å²) in [6.07, 6.45) is 0. The van der Waals surface area contributed by atoms with Crippen molar-refractivity contribution in [3.8, 4) is 5.75 Å². The fourth-order valence-electron chi connectivity index (χ4n) is 1.77. The van der Waals surface area contributed by atoms with E-state index in [1.165, 1.54) is 0 Å². The smallest absolute Gasteiger partial charge is 0.251 e. The van der Waals surface area contributed by atoms with Crippen LogP contribution in [-0.4, -0.2) is 42.1 Å². The lowest BCUT2D eigenvalue weighted by Gasteiger charge is -2.18. The topological polar surface area (TPSA) is 52.6 Å². The van der Waals surface area contributed by atoms with E-state index in [2.05, 4.69) is 24.1 Å². The molecule has 0 aliphatic rings. The molecule has 0 fully saturated rings. The van der Waals surface area contributed by atoms with Crippen LogP contribution in [0.15, 0.2) is 18.2 Å². The van der Waals surface area contributed by atoms with Gasteiger partial charge in [-0.25, -0.2) is 0 Å². The minimum atomic E-state index is -0.0924. The van der Waals surface area contributed by atoms with Crippen LogP contribution < -0.4 is 5.32 Å². The van der Waals surface area contributed by atoms with Crippen LogP contribution in [0.5, 0.6) is 5.75 Å². The van der Waals surface area contributed by atoms with Crippen molar-refractivity contribution < 1.29 is 9.90 Å². The minimum absolute atomic E-state index is 0.0924. The summed E-state index contributed by atoms with van der Waals surface area (Å²) in [5.41, 5.74) is 1.30. The molecule has 4 heteroatoms. The number of benzene rings is 1. The number of amides is 1. The number of carbonyl (C=O) groups is 1. The first kappa shape index (κ1) is 14.5. The van der Waals surface area contributed by atoms with Crippen molar-refractivity contribution in [1.82, 2.24) is 10.2 Å². The maximum atomic E-state index is 11.9. The third-order valence-electron chi connectivity index (χ3n) is 3.07. The van der Waals surface area contributed by atoms with Crippen molar-refractivity contribution in [3.63, 3.8) is 0 Å². The Morgan fingerprint density at radius 1 is 1.33 bits per heavy atom. The van der Waals surface area contributed by atoms with Crippen LogP contribution in [0, 0.1) is 6.92 Å². The summed E-state index contributed by atoms with van der Waals surface area (Å²) in [7, 11) is 0. The summed E-state index contributed by atoms with van der Waals surface area (Å²) in [5.74, 6) is 0.125. The number of hydrogen-bond acceptors (Lipinski definition) is 3. The van der Waals surface area contributed by atoms with Crippen LogP contribution in [-0.2, 0) is 0 Å². The molecular formula is C14H22N2O2. The Morgan fingerprint density at radius 2 is 2.00 bits per heavy atom. The molecule has 100 valence electrons. The van der Waals surface area contributed by atoms with Gasteiger partial charge in [-0.3, -0.25) is 4.79 Å². The molecule has 4 nitrogen and oxygen atoms in total. The van der Waals surface area contributed by atoms with Crippen molar-refractivity contribution >= 4 is 5.91 Å². The van der Waals surface area contributed by atoms with Crippen LogP contribution in [0.2, 0.25) is 0 Å². The van der Waals surface area contributed by atoms with Crippen LogP contribution in [0.3, 0.4) is 0 Å². The molecule has 0 atom stereocenters. The number of likely N-dealkylation sites (N-methyl/N-ethyl adjacent to an activating group) is 1. The molecule has 0 spiro atoms. The molecule has 0 heterocycles. The molecular weight excluding hydrogens is 228 g/mol. The highest BCUT2D eigenvalue weighted by molar-refractivity contribution is 5.94. The van der Waals surface area contributed by atoms with Gasteiger partial charge < -0.3 is 15.3 Å². The van der Waals surface area contributed by atoms with Gasteiger partial charge in [-0.2, -0.15) is 0 Å². The molecule has 0 aliphatic heterocycles. The van der Waals surface area contributed by atoms with Crippen LogP contribution in [0.1, 0.15) is 29.8 Å². The minimum Gasteiger partial charge on any atom is -0.508 e. The molecule has 1 amide bonds. The normalized spacial score (nSPS) is 10.7. The zero-order valence-corrected chi connectivity index (χ0v) is 11.4. The van der Waals surface area contributed by atoms with Gasteiger partial charge in [-0.15, -0.1) is 0 Å². The Bertz CT molecular complexity index is 401. The van der Waals surface area contributed by atoms with Gasteiger partial charge in [0, 0.05) is 18.7 Å². The molecule has 0 aliphatic carbocycles. The number of nitrogens with zero attached hydrogens (tertiary/aromatic N) is 1. The highest BCUT2D eigenvalue weighted by Gasteiger charge is 2.07. The van der Waals surface area contributed by atoms with Gasteiger partial charge in [0.15, 0.2) is 0 Å². The SMILES string of the molecule is CCN(CC)CCNC(=O)c1ccc(O)c(C)c1. The van der Waals surface area contributed by atoms with Crippen molar-refractivity contribution in [2.45, 2.75) is 20.8 Å². The van der Waals surface area contributed by atoms with Crippen LogP contribution in [0.25, 0.3) is 0 Å². The second-order valence-corrected chi connectivity index (χ2v) is 4.28. The molecule has 2 N–H and O–H groups in total. The van der Waals surface area contributed by atoms with E-state index in [0.717, 1.165) is 19.6 Å². The number of hydrogen-bond donors (Lipinski definition) is 2. The zero-order chi connectivity index (χ0) is 13.5. The van der Waals surface area contributed by atoms with Gasteiger partial charge in [0.2, 0.25) is 0 Å². The molecule has 18 heavy (non-hydrogen) atoms. The highest BCUT2D eigenvalue weighted by Crippen LogP contribution is 2.16. The Kier molecular flexibility index (Phi) is 5.65. The molecule has 1 rings (SSSR count). The third kappa shape index (κ3) is 4.04. The number of phenols is 1. The Balaban J connectivity index is 2.48. The average molecular weight is 250 g/mol. The summed E-state index contributed by atoms with van der Waals surface area (Å²) in [6, 6.07) is 4.88. The van der Waals surface area contributed by atoms with E-state index in [0.29, 0.717) is 17.7 Å². The fraction of sp³-hybridized carbons (Fsp3) is 0.500. The van der Waals surface area contributed by atoms with Crippen molar-refractivity contribution in [1.29, 1.82) is 0 Å². The zero-order valence-electron chi connectivity index (χ0n) is 11.4. The van der Waals surface area contributed by atoms with Gasteiger partial charge >= 0.3 is 0 Å². The molecule has 1 aromatic rings. The Hall–Kier alpha value is -1.55. The number of nitrogens with one attached hydrogen (secondary N) is 1. The van der Waals surface area contributed by atoms with Gasteiger partial charge in [-0.05, 0) is 43.8 Å². The summed E-state index contributed by atoms with van der Waals surface area (Å²) in [5, 5.41) is 12.3. The molecule has 0 bridgehead atoms. The fourth-order valence-corrected chi connectivity index (χ4v) is 1.77. The first-order valence-electron chi connectivity index (χ1n) is 6.38. The number of aromatic hydroxyl groups is 1. The van der Waals surface area contributed by atoms with E-state index < -0.39 is 0 Å². The largest absolute Gasteiger partial charge is 0.508 e. The number of phenolic OH excluding ortho intramolecular Hbond substituents is 1. The average Bonchev–Trinajstić information content (AvgIpc) is 2.37. The molecule has 0 aromatic heterocycles. The van der Waals surface area contributed by atoms with E-state index in [1.54, 1.807) is 25.1 Å². The standard InChI is InChI=1S/C14H22N2O2/c1-4-16(5-2)9-8-15-14(18)12-6-7-13(17)11(3)10-12/h6-7,10,17H,4-5,8-9H2,1-3H3,(H,15,18). The van der Waals surface area contributed by atoms with Gasteiger partial charge in [0.1, 0.15) is 5.75 Å². The van der Waals surface area contributed by atoms with E-state index in [4.69, 9.17) is 0 Å². The van der Waals surface area contributed by atoms with Gasteiger partial charge in [-0.1, -0.05) is 13.8 Å². The maximum absolute atomic E-state index is 11.9. The predicted molar refractivity (Wildman–Crippen MR) is 73.0 cm³/mol. The van der Waals surface area contributed by atoms with Crippen LogP contribution >= 0.6 is 0 Å².